The standard InChI is InChI=1S/C23H26N4O2/c1-3-24-22(19-6-9-21-18(16-19)10-15-29-21)25-20-7-4-17(5-8-20)23(28)27-13-11-26(2)12-14-27/h4-10,15-16H,3,11-14H2,1-2H3,(H,24,25). The third kappa shape index (κ3) is 4.32. The van der Waals surface area contributed by atoms with E-state index in [1.165, 1.54) is 0 Å². The van der Waals surface area contributed by atoms with Gasteiger partial charge in [-0.1, -0.05) is 0 Å². The van der Waals surface area contributed by atoms with E-state index in [1.54, 1.807) is 6.26 Å². The molecule has 29 heavy (non-hydrogen) atoms. The predicted molar refractivity (Wildman–Crippen MR) is 117 cm³/mol. The molecule has 0 radical (unpaired) electrons. The number of amides is 1. The van der Waals surface area contributed by atoms with E-state index in [1.807, 2.05) is 54.3 Å². The number of nitrogens with zero attached hydrogens (tertiary/aromatic N) is 3. The first-order chi connectivity index (χ1) is 14.1. The van der Waals surface area contributed by atoms with Crippen molar-refractivity contribution in [3.63, 3.8) is 0 Å². The predicted octanol–water partition coefficient (Wildman–Crippen LogP) is 3.70. The Labute approximate surface area is 170 Å². The molecule has 1 fully saturated rings. The van der Waals surface area contributed by atoms with Gasteiger partial charge in [0.25, 0.3) is 5.91 Å². The normalized spacial score (nSPS) is 15.7. The summed E-state index contributed by atoms with van der Waals surface area (Å²) in [5, 5.41) is 4.44. The third-order valence-corrected chi connectivity index (χ3v) is 5.23. The van der Waals surface area contributed by atoms with Gasteiger partial charge in [0, 0.05) is 54.9 Å². The van der Waals surface area contributed by atoms with Crippen molar-refractivity contribution in [1.29, 1.82) is 0 Å². The Kier molecular flexibility index (Phi) is 5.62. The van der Waals surface area contributed by atoms with Crippen molar-refractivity contribution in [3.05, 3.63) is 65.9 Å². The monoisotopic (exact) mass is 390 g/mol. The van der Waals surface area contributed by atoms with Crippen molar-refractivity contribution in [3.8, 4) is 0 Å². The molecule has 1 saturated heterocycles. The lowest BCUT2D eigenvalue weighted by molar-refractivity contribution is 0.0664. The van der Waals surface area contributed by atoms with Gasteiger partial charge < -0.3 is 19.5 Å². The molecule has 6 heteroatoms. The van der Waals surface area contributed by atoms with Crippen molar-refractivity contribution >= 4 is 28.4 Å². The summed E-state index contributed by atoms with van der Waals surface area (Å²) >= 11 is 0. The van der Waals surface area contributed by atoms with Gasteiger partial charge in [-0.15, -0.1) is 0 Å². The zero-order valence-corrected chi connectivity index (χ0v) is 16.9. The molecule has 0 spiro atoms. The molecule has 0 unspecified atom stereocenters. The van der Waals surface area contributed by atoms with Crippen molar-refractivity contribution in [2.45, 2.75) is 6.92 Å². The van der Waals surface area contributed by atoms with Crippen LogP contribution in [0, 0.1) is 0 Å². The molecule has 1 aliphatic rings. The number of hydrogen-bond acceptors (Lipinski definition) is 4. The Morgan fingerprint density at radius 1 is 1.03 bits per heavy atom. The minimum atomic E-state index is 0.0949. The van der Waals surface area contributed by atoms with E-state index in [4.69, 9.17) is 4.42 Å². The zero-order valence-electron chi connectivity index (χ0n) is 16.9. The first kappa shape index (κ1) is 19.2. The fourth-order valence-corrected chi connectivity index (χ4v) is 3.50. The summed E-state index contributed by atoms with van der Waals surface area (Å²) in [4.78, 5) is 21.5. The SMILES string of the molecule is CCN=C(Nc1ccc(C(=O)N2CCN(C)CC2)cc1)c1ccc2occc2c1. The maximum Gasteiger partial charge on any atom is 0.253 e. The quantitative estimate of drug-likeness (QED) is 0.545. The number of hydrogen-bond donors (Lipinski definition) is 1. The highest BCUT2D eigenvalue weighted by atomic mass is 16.3. The number of nitrogens with one attached hydrogen (secondary N) is 1. The van der Waals surface area contributed by atoms with Gasteiger partial charge in [-0.3, -0.25) is 9.79 Å². The minimum absolute atomic E-state index is 0.0949. The molecule has 3 aromatic rings. The van der Waals surface area contributed by atoms with E-state index in [2.05, 4.69) is 28.3 Å². The summed E-state index contributed by atoms with van der Waals surface area (Å²) in [6.45, 7) is 6.08. The lowest BCUT2D eigenvalue weighted by Crippen LogP contribution is -2.47. The third-order valence-electron chi connectivity index (χ3n) is 5.23. The number of benzene rings is 2. The Bertz CT molecular complexity index is 1010. The zero-order chi connectivity index (χ0) is 20.2. The first-order valence-corrected chi connectivity index (χ1v) is 10.0. The van der Waals surface area contributed by atoms with Crippen molar-refractivity contribution in [1.82, 2.24) is 9.80 Å². The number of carbonyl (C=O) groups excluding carboxylic acids is 1. The van der Waals surface area contributed by atoms with Crippen LogP contribution in [0.15, 0.2) is 64.2 Å². The second-order valence-electron chi connectivity index (χ2n) is 7.29. The summed E-state index contributed by atoms with van der Waals surface area (Å²) in [5.41, 5.74) is 3.48. The molecule has 1 aromatic heterocycles. The average molecular weight is 390 g/mol. The number of piperazine rings is 1. The van der Waals surface area contributed by atoms with E-state index in [0.717, 1.165) is 54.2 Å². The number of amidine groups is 1. The molecule has 0 atom stereocenters. The number of fused-ring (bicyclic) bond motifs is 1. The summed E-state index contributed by atoms with van der Waals surface area (Å²) in [6, 6.07) is 15.6. The van der Waals surface area contributed by atoms with E-state index >= 15 is 0 Å². The number of anilines is 1. The second kappa shape index (κ2) is 8.49. The minimum Gasteiger partial charge on any atom is -0.464 e. The van der Waals surface area contributed by atoms with Gasteiger partial charge in [0.05, 0.1) is 6.26 Å². The number of furan rings is 1. The van der Waals surface area contributed by atoms with Crippen LogP contribution in [0.1, 0.15) is 22.8 Å². The summed E-state index contributed by atoms with van der Waals surface area (Å²) in [6.07, 6.45) is 1.69. The number of likely N-dealkylation sites (N-methyl/N-ethyl adjacent to an activating group) is 1. The van der Waals surface area contributed by atoms with Crippen molar-refractivity contribution in [2.75, 3.05) is 45.1 Å². The van der Waals surface area contributed by atoms with Gasteiger partial charge in [0.1, 0.15) is 11.4 Å². The molecule has 6 nitrogen and oxygen atoms in total. The number of rotatable bonds is 4. The maximum absolute atomic E-state index is 12.7. The Balaban J connectivity index is 1.48. The van der Waals surface area contributed by atoms with Gasteiger partial charge in [-0.05, 0) is 62.5 Å². The fraction of sp³-hybridized carbons (Fsp3) is 0.304. The van der Waals surface area contributed by atoms with Gasteiger partial charge in [0.15, 0.2) is 0 Å². The molecule has 0 bridgehead atoms. The molecule has 2 heterocycles. The fourth-order valence-electron chi connectivity index (χ4n) is 3.50. The average Bonchev–Trinajstić information content (AvgIpc) is 3.22. The van der Waals surface area contributed by atoms with Crippen LogP contribution in [0.3, 0.4) is 0 Å². The molecule has 1 amide bonds. The van der Waals surface area contributed by atoms with Crippen LogP contribution in [0.2, 0.25) is 0 Å². The lowest BCUT2D eigenvalue weighted by Gasteiger charge is -2.32. The molecule has 0 saturated carbocycles. The van der Waals surface area contributed by atoms with Gasteiger partial charge in [0.2, 0.25) is 0 Å². The maximum atomic E-state index is 12.7. The smallest absolute Gasteiger partial charge is 0.253 e. The van der Waals surface area contributed by atoms with Gasteiger partial charge in [-0.25, -0.2) is 0 Å². The molecule has 0 aliphatic carbocycles. The van der Waals surface area contributed by atoms with Crippen LogP contribution in [-0.4, -0.2) is 61.3 Å². The van der Waals surface area contributed by atoms with E-state index in [-0.39, 0.29) is 5.91 Å². The van der Waals surface area contributed by atoms with E-state index in [0.29, 0.717) is 12.1 Å². The highest BCUT2D eigenvalue weighted by Gasteiger charge is 2.20. The van der Waals surface area contributed by atoms with Crippen LogP contribution >= 0.6 is 0 Å². The molecule has 150 valence electrons. The molecule has 1 N–H and O–H groups in total. The molecular weight excluding hydrogens is 364 g/mol. The van der Waals surface area contributed by atoms with Crippen LogP contribution in [0.25, 0.3) is 11.0 Å². The Morgan fingerprint density at radius 3 is 2.48 bits per heavy atom. The van der Waals surface area contributed by atoms with Gasteiger partial charge >= 0.3 is 0 Å². The topological polar surface area (TPSA) is 61.1 Å². The van der Waals surface area contributed by atoms with Crippen LogP contribution in [-0.2, 0) is 0 Å². The molecular formula is C23H26N4O2. The van der Waals surface area contributed by atoms with Crippen LogP contribution in [0.4, 0.5) is 5.69 Å². The van der Waals surface area contributed by atoms with E-state index in [9.17, 15) is 4.79 Å². The molecule has 4 rings (SSSR count). The first-order valence-electron chi connectivity index (χ1n) is 10.0. The lowest BCUT2D eigenvalue weighted by atomic mass is 10.1. The Hall–Kier alpha value is -3.12. The summed E-state index contributed by atoms with van der Waals surface area (Å²) in [7, 11) is 2.09. The summed E-state index contributed by atoms with van der Waals surface area (Å²) in [5.74, 6) is 0.895. The Morgan fingerprint density at radius 2 is 1.76 bits per heavy atom. The van der Waals surface area contributed by atoms with Crippen molar-refractivity contribution in [2.24, 2.45) is 4.99 Å². The van der Waals surface area contributed by atoms with Crippen LogP contribution < -0.4 is 5.32 Å². The number of aliphatic imine (C=N–C) groups is 1. The highest BCUT2D eigenvalue weighted by Crippen LogP contribution is 2.19. The van der Waals surface area contributed by atoms with Crippen molar-refractivity contribution < 1.29 is 9.21 Å². The van der Waals surface area contributed by atoms with Crippen LogP contribution in [0.5, 0.6) is 0 Å². The largest absolute Gasteiger partial charge is 0.464 e. The molecule has 2 aromatic carbocycles. The second-order valence-corrected chi connectivity index (χ2v) is 7.29. The number of carbonyl (C=O) groups is 1. The summed E-state index contributed by atoms with van der Waals surface area (Å²) < 4.78 is 5.42. The highest BCUT2D eigenvalue weighted by molar-refractivity contribution is 6.10. The van der Waals surface area contributed by atoms with E-state index < -0.39 is 0 Å². The molecule has 1 aliphatic heterocycles. The van der Waals surface area contributed by atoms with Gasteiger partial charge in [-0.2, -0.15) is 0 Å².